The fourth-order valence-corrected chi connectivity index (χ4v) is 1.37. The number of carbonyl (C=O) groups is 2. The number of hydrogen-bond acceptors (Lipinski definition) is 7. The van der Waals surface area contributed by atoms with Gasteiger partial charge in [0.05, 0.1) is 12.2 Å². The lowest BCUT2D eigenvalue weighted by Crippen LogP contribution is -2.35. The minimum absolute atomic E-state index is 0.927. The summed E-state index contributed by atoms with van der Waals surface area (Å²) in [6.45, 7) is 0. The third-order valence-corrected chi connectivity index (χ3v) is 2.20. The molecule has 0 aliphatic carbocycles. The van der Waals surface area contributed by atoms with Crippen LogP contribution in [0.25, 0.3) is 1.43 Å². The molecular formula is C6H10O8S. The maximum atomic E-state index is 10.7. The van der Waals surface area contributed by atoms with Gasteiger partial charge in [-0.05, 0) is 0 Å². The summed E-state index contributed by atoms with van der Waals surface area (Å²) < 4.78 is 30.7. The SMILES string of the molecule is [2H]OS(=O)(=O)C[C@@H](O)[C@@H](O)CC(=O)C(=O)O. The van der Waals surface area contributed by atoms with Crippen LogP contribution in [-0.4, -0.2) is 58.0 Å². The smallest absolute Gasteiger partial charge is 0.372 e. The normalized spacial score (nSPS) is 16.5. The Morgan fingerprint density at radius 1 is 1.27 bits per heavy atom. The predicted octanol–water partition coefficient (Wildman–Crippen LogP) is -2.36. The van der Waals surface area contributed by atoms with E-state index in [4.69, 9.17) is 16.8 Å². The Balaban J connectivity index is 4.35. The fraction of sp³-hybridized carbons (Fsp3) is 0.667. The molecule has 9 heteroatoms. The number of rotatable bonds is 7. The van der Waals surface area contributed by atoms with Gasteiger partial charge in [0, 0.05) is 6.42 Å². The highest BCUT2D eigenvalue weighted by Gasteiger charge is 2.26. The Kier molecular flexibility index (Phi) is 4.15. The van der Waals surface area contributed by atoms with Crippen molar-refractivity contribution in [3.8, 4) is 0 Å². The molecule has 15 heavy (non-hydrogen) atoms. The van der Waals surface area contributed by atoms with E-state index in [1.54, 1.807) is 0 Å². The summed E-state index contributed by atoms with van der Waals surface area (Å²) in [5, 5.41) is 26.3. The molecular weight excluding hydrogens is 232 g/mol. The molecule has 0 unspecified atom stereocenters. The van der Waals surface area contributed by atoms with Gasteiger partial charge in [0.2, 0.25) is 7.21 Å². The van der Waals surface area contributed by atoms with Crippen LogP contribution in [0.15, 0.2) is 0 Å². The Hall–Kier alpha value is -1.03. The highest BCUT2D eigenvalue weighted by molar-refractivity contribution is 7.85. The Morgan fingerprint density at radius 2 is 1.80 bits per heavy atom. The van der Waals surface area contributed by atoms with Gasteiger partial charge in [0.15, 0.2) is 0 Å². The van der Waals surface area contributed by atoms with E-state index in [1.165, 1.54) is 0 Å². The summed E-state index contributed by atoms with van der Waals surface area (Å²) in [7, 11) is -4.32. The maximum absolute atomic E-state index is 10.7. The first-order valence-corrected chi connectivity index (χ1v) is 5.27. The third kappa shape index (κ3) is 6.12. The Labute approximate surface area is 86.4 Å². The molecule has 0 aromatic carbocycles. The fourth-order valence-electron chi connectivity index (χ4n) is 0.734. The number of hydrogen-bond donors (Lipinski definition) is 4. The van der Waals surface area contributed by atoms with E-state index in [-0.39, 0.29) is 0 Å². The molecule has 0 aliphatic heterocycles. The number of carboxylic acids is 1. The quantitative estimate of drug-likeness (QED) is 0.286. The molecule has 0 saturated carbocycles. The molecule has 0 fully saturated rings. The zero-order chi connectivity index (χ0) is 12.9. The maximum Gasteiger partial charge on any atom is 0.372 e. The molecule has 0 aromatic heterocycles. The number of carboxylic acid groups (broad SMARTS) is 1. The summed E-state index contributed by atoms with van der Waals surface area (Å²) >= 11 is 0. The van der Waals surface area contributed by atoms with Crippen molar-refractivity contribution in [2.45, 2.75) is 18.6 Å². The summed E-state index contributed by atoms with van der Waals surface area (Å²) in [5.74, 6) is -4.27. The largest absolute Gasteiger partial charge is 0.475 e. The predicted molar refractivity (Wildman–Crippen MR) is 45.7 cm³/mol. The minimum Gasteiger partial charge on any atom is -0.475 e. The molecule has 2 atom stereocenters. The lowest BCUT2D eigenvalue weighted by molar-refractivity contribution is -0.150. The van der Waals surface area contributed by atoms with Gasteiger partial charge in [-0.1, -0.05) is 0 Å². The first-order valence-electron chi connectivity index (χ1n) is 4.10. The second-order valence-electron chi connectivity index (χ2n) is 2.79. The Bertz CT molecular complexity index is 363. The summed E-state index contributed by atoms with van der Waals surface area (Å²) in [6.07, 6.45) is -4.68. The molecule has 0 aromatic rings. The van der Waals surface area contributed by atoms with Crippen LogP contribution in [0.5, 0.6) is 0 Å². The number of Topliss-reactive ketones (excluding diaryl/α,β-unsaturated/α-hetero) is 1. The molecule has 0 spiro atoms. The lowest BCUT2D eigenvalue weighted by Gasteiger charge is -2.14. The van der Waals surface area contributed by atoms with Crippen LogP contribution in [0.2, 0.25) is 0 Å². The number of ketones is 1. The first kappa shape index (κ1) is 12.0. The van der Waals surface area contributed by atoms with E-state index in [2.05, 4.69) is 4.56 Å². The van der Waals surface area contributed by atoms with Crippen molar-refractivity contribution in [2.24, 2.45) is 0 Å². The van der Waals surface area contributed by atoms with Crippen LogP contribution in [-0.2, 0) is 19.7 Å². The van der Waals surface area contributed by atoms with Crippen LogP contribution in [0, 0.1) is 0 Å². The number of aliphatic hydroxyl groups is 2. The van der Waals surface area contributed by atoms with Crippen molar-refractivity contribution in [1.29, 1.82) is 1.43 Å². The van der Waals surface area contributed by atoms with Gasteiger partial charge >= 0.3 is 5.97 Å². The van der Waals surface area contributed by atoms with Crippen molar-refractivity contribution in [1.82, 2.24) is 0 Å². The molecule has 0 radical (unpaired) electrons. The van der Waals surface area contributed by atoms with Crippen molar-refractivity contribution in [3.05, 3.63) is 0 Å². The van der Waals surface area contributed by atoms with E-state index >= 15 is 0 Å². The number of aliphatic hydroxyl groups excluding tert-OH is 2. The molecule has 8 nitrogen and oxygen atoms in total. The van der Waals surface area contributed by atoms with Crippen LogP contribution in [0.3, 0.4) is 0 Å². The lowest BCUT2D eigenvalue weighted by atomic mass is 10.1. The summed E-state index contributed by atoms with van der Waals surface area (Å²) in [4.78, 5) is 20.7. The van der Waals surface area contributed by atoms with E-state index in [0.29, 0.717) is 0 Å². The highest BCUT2D eigenvalue weighted by Crippen LogP contribution is 2.03. The van der Waals surface area contributed by atoms with Crippen molar-refractivity contribution < 1.29 is 37.9 Å². The average Bonchev–Trinajstić information content (AvgIpc) is 2.16. The second-order valence-corrected chi connectivity index (χ2v) is 4.24. The van der Waals surface area contributed by atoms with Gasteiger partial charge < -0.3 is 15.3 Å². The average molecular weight is 243 g/mol. The Morgan fingerprint density at radius 3 is 2.20 bits per heavy atom. The third-order valence-electron chi connectivity index (χ3n) is 1.45. The van der Waals surface area contributed by atoms with E-state index in [0.717, 1.165) is 0 Å². The second kappa shape index (κ2) is 5.16. The molecule has 0 bridgehead atoms. The van der Waals surface area contributed by atoms with E-state index in [9.17, 15) is 18.0 Å². The van der Waals surface area contributed by atoms with Gasteiger partial charge in [-0.25, -0.2) is 4.79 Å². The molecule has 0 heterocycles. The van der Waals surface area contributed by atoms with Crippen LogP contribution < -0.4 is 0 Å². The van der Waals surface area contributed by atoms with Crippen molar-refractivity contribution in [3.63, 3.8) is 0 Å². The zero-order valence-corrected chi connectivity index (χ0v) is 8.18. The zero-order valence-electron chi connectivity index (χ0n) is 8.36. The standard InChI is InChI=1S/C6H10O8S/c7-3(1-4(8)6(10)11)5(9)2-15(12,13)14/h3,5,7,9H,1-2H2,(H,10,11)(H,12,13,14)/t3-,5+/m0/s1/i/hD. The first-order chi connectivity index (χ1) is 7.19. The molecule has 4 N–H and O–H groups in total. The van der Waals surface area contributed by atoms with Crippen molar-refractivity contribution >= 4 is 21.9 Å². The van der Waals surface area contributed by atoms with Crippen LogP contribution in [0.4, 0.5) is 0 Å². The van der Waals surface area contributed by atoms with Gasteiger partial charge in [0.25, 0.3) is 10.1 Å². The topological polar surface area (TPSA) is 149 Å². The number of carbonyl (C=O) groups excluding carboxylic acids is 1. The minimum atomic E-state index is -4.32. The highest BCUT2D eigenvalue weighted by atomic mass is 32.2. The van der Waals surface area contributed by atoms with Gasteiger partial charge in [-0.15, -0.1) is 0 Å². The molecule has 0 rings (SSSR count). The monoisotopic (exact) mass is 243 g/mol. The van der Waals surface area contributed by atoms with Crippen molar-refractivity contribution in [2.75, 3.05) is 5.75 Å². The molecule has 0 amide bonds. The van der Waals surface area contributed by atoms with E-state index < -0.39 is 46.3 Å². The molecule has 88 valence electrons. The summed E-state index contributed by atoms with van der Waals surface area (Å²) in [5.41, 5.74) is 0. The number of aliphatic carboxylic acids is 1. The van der Waals surface area contributed by atoms with Crippen LogP contribution >= 0.6 is 0 Å². The van der Waals surface area contributed by atoms with E-state index in [1.807, 2.05) is 0 Å². The van der Waals surface area contributed by atoms with Gasteiger partial charge in [0.1, 0.15) is 5.75 Å². The van der Waals surface area contributed by atoms with Gasteiger partial charge in [-0.2, -0.15) is 8.42 Å². The molecule has 0 saturated heterocycles. The molecule has 0 aliphatic rings. The van der Waals surface area contributed by atoms with Crippen LogP contribution in [0.1, 0.15) is 6.42 Å². The summed E-state index contributed by atoms with van der Waals surface area (Å²) in [6, 6.07) is 0. The van der Waals surface area contributed by atoms with Gasteiger partial charge in [-0.3, -0.25) is 9.35 Å².